The van der Waals surface area contributed by atoms with Crippen LogP contribution in [0.3, 0.4) is 0 Å². The first kappa shape index (κ1) is 16.8. The predicted octanol–water partition coefficient (Wildman–Crippen LogP) is 4.15. The van der Waals surface area contributed by atoms with E-state index < -0.39 is 11.9 Å². The molecule has 128 valence electrons. The monoisotopic (exact) mass is 337 g/mol. The predicted molar refractivity (Wildman–Crippen MR) is 95.8 cm³/mol. The Labute approximate surface area is 145 Å². The highest BCUT2D eigenvalue weighted by Crippen LogP contribution is 2.25. The van der Waals surface area contributed by atoms with E-state index in [2.05, 4.69) is 5.32 Å². The Balaban J connectivity index is 1.64. The molecule has 0 atom stereocenters. The van der Waals surface area contributed by atoms with Crippen LogP contribution in [-0.4, -0.2) is 18.5 Å². The van der Waals surface area contributed by atoms with E-state index in [1.165, 1.54) is 0 Å². The standard InChI is InChI=1S/C20H19NO4/c1-12-8-9-15(10-13(12)2)21-18(22)11-24-20(23)19-14(3)16-6-4-5-7-17(16)25-19/h4-10H,11H2,1-3H3,(H,21,22). The number of amides is 1. The summed E-state index contributed by atoms with van der Waals surface area (Å²) in [6.07, 6.45) is 0. The minimum absolute atomic E-state index is 0.125. The van der Waals surface area contributed by atoms with Crippen LogP contribution in [0.5, 0.6) is 0 Å². The molecule has 0 saturated heterocycles. The number of nitrogens with one attached hydrogen (secondary N) is 1. The third-order valence-corrected chi connectivity index (χ3v) is 4.15. The average Bonchev–Trinajstić information content (AvgIpc) is 2.93. The molecular weight excluding hydrogens is 318 g/mol. The molecule has 1 N–H and O–H groups in total. The molecule has 3 aromatic rings. The third kappa shape index (κ3) is 3.55. The lowest BCUT2D eigenvalue weighted by molar-refractivity contribution is -0.119. The van der Waals surface area contributed by atoms with E-state index in [9.17, 15) is 9.59 Å². The molecule has 1 aromatic heterocycles. The van der Waals surface area contributed by atoms with Gasteiger partial charge in [0, 0.05) is 16.6 Å². The molecule has 5 heteroatoms. The Kier molecular flexibility index (Phi) is 4.57. The van der Waals surface area contributed by atoms with Crippen LogP contribution in [0.15, 0.2) is 46.9 Å². The molecule has 0 fully saturated rings. The highest BCUT2D eigenvalue weighted by atomic mass is 16.5. The minimum atomic E-state index is -0.649. The van der Waals surface area contributed by atoms with E-state index in [0.29, 0.717) is 16.8 Å². The molecule has 0 bridgehead atoms. The summed E-state index contributed by atoms with van der Waals surface area (Å²) in [4.78, 5) is 24.2. The van der Waals surface area contributed by atoms with Crippen molar-refractivity contribution in [1.82, 2.24) is 0 Å². The Morgan fingerprint density at radius 3 is 2.52 bits per heavy atom. The SMILES string of the molecule is Cc1ccc(NC(=O)COC(=O)c2oc3ccccc3c2C)cc1C. The molecule has 5 nitrogen and oxygen atoms in total. The van der Waals surface area contributed by atoms with Gasteiger partial charge in [-0.1, -0.05) is 24.3 Å². The molecule has 0 aliphatic heterocycles. The fourth-order valence-corrected chi connectivity index (χ4v) is 2.58. The Morgan fingerprint density at radius 1 is 1.04 bits per heavy atom. The van der Waals surface area contributed by atoms with Gasteiger partial charge in [-0.3, -0.25) is 4.79 Å². The van der Waals surface area contributed by atoms with E-state index in [-0.39, 0.29) is 12.4 Å². The number of hydrogen-bond acceptors (Lipinski definition) is 4. The van der Waals surface area contributed by atoms with E-state index in [0.717, 1.165) is 16.5 Å². The molecule has 1 amide bonds. The summed E-state index contributed by atoms with van der Waals surface area (Å²) in [6.45, 7) is 5.38. The quantitative estimate of drug-likeness (QED) is 0.726. The Bertz CT molecular complexity index is 955. The van der Waals surface area contributed by atoms with Crippen molar-refractivity contribution in [1.29, 1.82) is 0 Å². The molecule has 3 rings (SSSR count). The van der Waals surface area contributed by atoms with Crippen LogP contribution in [-0.2, 0) is 9.53 Å². The van der Waals surface area contributed by atoms with E-state index in [4.69, 9.17) is 9.15 Å². The van der Waals surface area contributed by atoms with Gasteiger partial charge < -0.3 is 14.5 Å². The maximum atomic E-state index is 12.2. The van der Waals surface area contributed by atoms with Crippen LogP contribution in [0.25, 0.3) is 11.0 Å². The zero-order valence-electron chi connectivity index (χ0n) is 14.4. The van der Waals surface area contributed by atoms with Crippen molar-refractivity contribution < 1.29 is 18.7 Å². The summed E-state index contributed by atoms with van der Waals surface area (Å²) in [5.41, 5.74) is 4.21. The summed E-state index contributed by atoms with van der Waals surface area (Å²) in [5, 5.41) is 3.57. The third-order valence-electron chi connectivity index (χ3n) is 4.15. The van der Waals surface area contributed by atoms with Crippen molar-refractivity contribution >= 4 is 28.5 Å². The van der Waals surface area contributed by atoms with Crippen LogP contribution in [0, 0.1) is 20.8 Å². The molecule has 0 spiro atoms. The number of ether oxygens (including phenoxy) is 1. The van der Waals surface area contributed by atoms with Gasteiger partial charge in [0.1, 0.15) is 5.58 Å². The summed E-state index contributed by atoms with van der Waals surface area (Å²) >= 11 is 0. The molecule has 0 aliphatic rings. The summed E-state index contributed by atoms with van der Waals surface area (Å²) in [6, 6.07) is 13.0. The number of benzene rings is 2. The number of hydrogen-bond donors (Lipinski definition) is 1. The van der Waals surface area contributed by atoms with E-state index in [1.807, 2.05) is 50.2 Å². The number of carbonyl (C=O) groups is 2. The van der Waals surface area contributed by atoms with Crippen molar-refractivity contribution in [3.05, 3.63) is 64.9 Å². The number of aryl methyl sites for hydroxylation is 3. The second-order valence-electron chi connectivity index (χ2n) is 5.98. The Hall–Kier alpha value is -3.08. The van der Waals surface area contributed by atoms with Crippen LogP contribution < -0.4 is 5.32 Å². The van der Waals surface area contributed by atoms with Crippen LogP contribution in [0.1, 0.15) is 27.2 Å². The topological polar surface area (TPSA) is 68.5 Å². The van der Waals surface area contributed by atoms with Crippen molar-refractivity contribution in [3.8, 4) is 0 Å². The number of anilines is 1. The van der Waals surface area contributed by atoms with Gasteiger partial charge in [-0.2, -0.15) is 0 Å². The number of para-hydroxylation sites is 1. The molecular formula is C20H19NO4. The second-order valence-corrected chi connectivity index (χ2v) is 5.98. The van der Waals surface area contributed by atoms with Gasteiger partial charge in [-0.25, -0.2) is 4.79 Å². The maximum Gasteiger partial charge on any atom is 0.375 e. The number of esters is 1. The fourth-order valence-electron chi connectivity index (χ4n) is 2.58. The van der Waals surface area contributed by atoms with Gasteiger partial charge in [0.25, 0.3) is 5.91 Å². The van der Waals surface area contributed by atoms with E-state index in [1.54, 1.807) is 13.0 Å². The first-order valence-electron chi connectivity index (χ1n) is 7.98. The highest BCUT2D eigenvalue weighted by molar-refractivity contribution is 5.98. The summed E-state index contributed by atoms with van der Waals surface area (Å²) in [5.74, 6) is -0.922. The van der Waals surface area contributed by atoms with Crippen molar-refractivity contribution in [2.24, 2.45) is 0 Å². The lowest BCUT2D eigenvalue weighted by Crippen LogP contribution is -2.21. The largest absolute Gasteiger partial charge is 0.450 e. The average molecular weight is 337 g/mol. The molecule has 0 radical (unpaired) electrons. The van der Waals surface area contributed by atoms with Crippen molar-refractivity contribution in [3.63, 3.8) is 0 Å². The highest BCUT2D eigenvalue weighted by Gasteiger charge is 2.19. The first-order chi connectivity index (χ1) is 12.0. The smallest absolute Gasteiger partial charge is 0.375 e. The van der Waals surface area contributed by atoms with Crippen molar-refractivity contribution in [2.75, 3.05) is 11.9 Å². The first-order valence-corrected chi connectivity index (χ1v) is 7.98. The summed E-state index contributed by atoms with van der Waals surface area (Å²) in [7, 11) is 0. The Morgan fingerprint density at radius 2 is 1.80 bits per heavy atom. The molecule has 0 saturated carbocycles. The van der Waals surface area contributed by atoms with Gasteiger partial charge in [0.2, 0.25) is 5.76 Å². The zero-order valence-corrected chi connectivity index (χ0v) is 14.4. The molecule has 25 heavy (non-hydrogen) atoms. The minimum Gasteiger partial charge on any atom is -0.450 e. The molecule has 1 heterocycles. The van der Waals surface area contributed by atoms with Gasteiger partial charge in [0.05, 0.1) is 0 Å². The van der Waals surface area contributed by atoms with Gasteiger partial charge >= 0.3 is 5.97 Å². The van der Waals surface area contributed by atoms with Crippen LogP contribution in [0.2, 0.25) is 0 Å². The number of carbonyl (C=O) groups excluding carboxylic acids is 2. The van der Waals surface area contributed by atoms with E-state index >= 15 is 0 Å². The van der Waals surface area contributed by atoms with Crippen LogP contribution >= 0.6 is 0 Å². The fraction of sp³-hybridized carbons (Fsp3) is 0.200. The van der Waals surface area contributed by atoms with Crippen LogP contribution in [0.4, 0.5) is 5.69 Å². The number of rotatable bonds is 4. The summed E-state index contributed by atoms with van der Waals surface area (Å²) < 4.78 is 10.6. The second kappa shape index (κ2) is 6.81. The number of fused-ring (bicyclic) bond motifs is 1. The van der Waals surface area contributed by atoms with Gasteiger partial charge in [0.15, 0.2) is 6.61 Å². The lowest BCUT2D eigenvalue weighted by atomic mass is 10.1. The molecule has 0 aliphatic carbocycles. The van der Waals surface area contributed by atoms with Crippen molar-refractivity contribution in [2.45, 2.75) is 20.8 Å². The zero-order chi connectivity index (χ0) is 18.0. The molecule has 2 aromatic carbocycles. The maximum absolute atomic E-state index is 12.2. The van der Waals surface area contributed by atoms with Gasteiger partial charge in [-0.05, 0) is 50.1 Å². The molecule has 0 unspecified atom stereocenters. The normalized spacial score (nSPS) is 10.7. The lowest BCUT2D eigenvalue weighted by Gasteiger charge is -2.08. The number of furan rings is 1. The van der Waals surface area contributed by atoms with Gasteiger partial charge in [-0.15, -0.1) is 0 Å².